The van der Waals surface area contributed by atoms with Gasteiger partial charge in [0.1, 0.15) is 5.01 Å². The summed E-state index contributed by atoms with van der Waals surface area (Å²) in [5, 5.41) is 12.4. The average Bonchev–Trinajstić information content (AvgIpc) is 3.44. The minimum atomic E-state index is -0.105. The van der Waals surface area contributed by atoms with Crippen LogP contribution in [0.15, 0.2) is 39.3 Å². The van der Waals surface area contributed by atoms with E-state index in [-0.39, 0.29) is 17.7 Å². The Balaban J connectivity index is 1.34. The lowest BCUT2D eigenvalue weighted by Gasteiger charge is -2.22. The van der Waals surface area contributed by atoms with Crippen LogP contribution in [0.1, 0.15) is 34.6 Å². The topological polar surface area (TPSA) is 85.0 Å². The van der Waals surface area contributed by atoms with Gasteiger partial charge in [-0.05, 0) is 26.0 Å². The van der Waals surface area contributed by atoms with Crippen LogP contribution in [0.3, 0.4) is 0 Å². The Morgan fingerprint density at radius 2 is 2.10 bits per heavy atom. The second-order valence-corrected chi connectivity index (χ2v) is 9.54. The van der Waals surface area contributed by atoms with Crippen molar-refractivity contribution in [3.8, 4) is 0 Å². The van der Waals surface area contributed by atoms with Gasteiger partial charge in [-0.1, -0.05) is 23.9 Å². The first-order chi connectivity index (χ1) is 14.0. The van der Waals surface area contributed by atoms with Crippen LogP contribution in [-0.2, 0) is 11.2 Å². The highest BCUT2D eigenvalue weighted by Crippen LogP contribution is 2.29. The van der Waals surface area contributed by atoms with Gasteiger partial charge < -0.3 is 9.32 Å². The molecule has 3 heterocycles. The molecule has 7 nitrogen and oxygen atoms in total. The molecule has 0 bridgehead atoms. The van der Waals surface area contributed by atoms with Crippen molar-refractivity contribution in [1.82, 2.24) is 25.1 Å². The van der Waals surface area contributed by atoms with E-state index < -0.39 is 0 Å². The molecule has 0 aliphatic carbocycles. The molecule has 3 aromatic heterocycles. The molecule has 150 valence electrons. The molecule has 0 aliphatic rings. The average molecular weight is 446 g/mol. The molecule has 1 aromatic carbocycles. The number of carbonyl (C=O) groups excluding carboxylic acids is 1. The largest absolute Gasteiger partial charge is 0.416 e. The van der Waals surface area contributed by atoms with Gasteiger partial charge in [0.25, 0.3) is 5.22 Å². The van der Waals surface area contributed by atoms with E-state index in [0.29, 0.717) is 17.5 Å². The van der Waals surface area contributed by atoms with E-state index in [1.54, 1.807) is 34.6 Å². The predicted octanol–water partition coefficient (Wildman–Crippen LogP) is 4.35. The minimum absolute atomic E-state index is 0.0170. The van der Waals surface area contributed by atoms with Gasteiger partial charge in [0.2, 0.25) is 11.8 Å². The van der Waals surface area contributed by atoms with Crippen molar-refractivity contribution in [2.45, 2.75) is 31.5 Å². The fraction of sp³-hybridized carbons (Fsp3) is 0.316. The molecule has 29 heavy (non-hydrogen) atoms. The molecule has 0 fully saturated rings. The van der Waals surface area contributed by atoms with Crippen LogP contribution in [0.5, 0.6) is 0 Å². The lowest BCUT2D eigenvalue weighted by Crippen LogP contribution is -2.31. The van der Waals surface area contributed by atoms with E-state index in [0.717, 1.165) is 25.9 Å². The first-order valence-electron chi connectivity index (χ1n) is 8.97. The smallest absolute Gasteiger partial charge is 0.277 e. The monoisotopic (exact) mass is 445 g/mol. The molecule has 0 spiro atoms. The van der Waals surface area contributed by atoms with E-state index in [4.69, 9.17) is 4.42 Å². The Morgan fingerprint density at radius 3 is 2.86 bits per heavy atom. The maximum atomic E-state index is 12.6. The summed E-state index contributed by atoms with van der Waals surface area (Å²) in [4.78, 5) is 23.4. The number of rotatable bonds is 7. The van der Waals surface area contributed by atoms with Crippen molar-refractivity contribution in [1.29, 1.82) is 0 Å². The number of aryl methyl sites for hydroxylation is 1. The number of benzene rings is 1. The van der Waals surface area contributed by atoms with E-state index in [1.165, 1.54) is 11.8 Å². The standard InChI is InChI=1S/C19H19N5O2S3/c1-11(18-21-14-6-4-5-7-15(14)29-18)24(3)17(25)10-28-19-23-22-16(26-19)8-13-9-27-12(2)20-13/h4-7,9,11H,8,10H2,1-3H3. The van der Waals surface area contributed by atoms with Crippen molar-refractivity contribution in [2.75, 3.05) is 12.8 Å². The summed E-state index contributed by atoms with van der Waals surface area (Å²) < 4.78 is 6.76. The second kappa shape index (κ2) is 8.60. The maximum Gasteiger partial charge on any atom is 0.277 e. The third-order valence-corrected chi connectivity index (χ3v) is 7.24. The van der Waals surface area contributed by atoms with Crippen molar-refractivity contribution >= 4 is 50.6 Å². The predicted molar refractivity (Wildman–Crippen MR) is 115 cm³/mol. The summed E-state index contributed by atoms with van der Waals surface area (Å²) in [6, 6.07) is 7.89. The molecule has 1 amide bonds. The number of nitrogens with zero attached hydrogens (tertiary/aromatic N) is 5. The highest BCUT2D eigenvalue weighted by atomic mass is 32.2. The van der Waals surface area contributed by atoms with Gasteiger partial charge in [-0.2, -0.15) is 0 Å². The zero-order chi connectivity index (χ0) is 20.4. The summed E-state index contributed by atoms with van der Waals surface area (Å²) in [5.74, 6) is 0.710. The number of amides is 1. The van der Waals surface area contributed by atoms with E-state index in [2.05, 4.69) is 20.2 Å². The quantitative estimate of drug-likeness (QED) is 0.391. The van der Waals surface area contributed by atoms with Crippen molar-refractivity contribution in [2.24, 2.45) is 0 Å². The summed E-state index contributed by atoms with van der Waals surface area (Å²) >= 11 is 4.45. The molecule has 0 saturated carbocycles. The number of thioether (sulfide) groups is 1. The lowest BCUT2D eigenvalue weighted by molar-refractivity contribution is -0.128. The van der Waals surface area contributed by atoms with Gasteiger partial charge in [-0.15, -0.1) is 32.9 Å². The van der Waals surface area contributed by atoms with Crippen molar-refractivity contribution in [3.05, 3.63) is 51.2 Å². The minimum Gasteiger partial charge on any atom is -0.416 e. The van der Waals surface area contributed by atoms with Gasteiger partial charge in [0.15, 0.2) is 0 Å². The number of fused-ring (bicyclic) bond motifs is 1. The summed E-state index contributed by atoms with van der Waals surface area (Å²) in [5.41, 5.74) is 1.87. The van der Waals surface area contributed by atoms with Crippen LogP contribution in [0.2, 0.25) is 0 Å². The Bertz CT molecular complexity index is 1100. The molecule has 1 atom stereocenters. The van der Waals surface area contributed by atoms with Crippen LogP contribution in [0.4, 0.5) is 0 Å². The van der Waals surface area contributed by atoms with Crippen LogP contribution in [0.25, 0.3) is 10.2 Å². The number of hydrogen-bond acceptors (Lipinski definition) is 9. The Hall–Kier alpha value is -2.30. The normalized spacial score (nSPS) is 12.4. The molecule has 0 N–H and O–H groups in total. The number of para-hydroxylation sites is 1. The number of hydrogen-bond donors (Lipinski definition) is 0. The third kappa shape index (κ3) is 4.65. The summed E-state index contributed by atoms with van der Waals surface area (Å²) in [6.07, 6.45) is 0.500. The number of aromatic nitrogens is 4. The first kappa shape index (κ1) is 20.0. The molecule has 0 radical (unpaired) electrons. The number of carbonyl (C=O) groups is 1. The SMILES string of the molecule is Cc1nc(Cc2nnc(SCC(=O)N(C)C(C)c3nc4ccccc4s3)o2)cs1. The lowest BCUT2D eigenvalue weighted by atomic mass is 10.3. The molecule has 4 aromatic rings. The zero-order valence-electron chi connectivity index (χ0n) is 16.2. The van der Waals surface area contributed by atoms with Gasteiger partial charge in [-0.3, -0.25) is 4.79 Å². The van der Waals surface area contributed by atoms with E-state index >= 15 is 0 Å². The van der Waals surface area contributed by atoms with Crippen LogP contribution >= 0.6 is 34.4 Å². The highest BCUT2D eigenvalue weighted by Gasteiger charge is 2.21. The zero-order valence-corrected chi connectivity index (χ0v) is 18.6. The van der Waals surface area contributed by atoms with E-state index in [9.17, 15) is 4.79 Å². The summed E-state index contributed by atoms with van der Waals surface area (Å²) in [6.45, 7) is 3.95. The third-order valence-electron chi connectivity index (χ3n) is 4.41. The molecule has 1 unspecified atom stereocenters. The molecular weight excluding hydrogens is 426 g/mol. The Morgan fingerprint density at radius 1 is 1.28 bits per heavy atom. The fourth-order valence-corrected chi connectivity index (χ4v) is 5.07. The molecule has 0 saturated heterocycles. The van der Waals surface area contributed by atoms with Gasteiger partial charge >= 0.3 is 0 Å². The molecule has 10 heteroatoms. The van der Waals surface area contributed by atoms with E-state index in [1.807, 2.05) is 43.5 Å². The molecule has 0 aliphatic heterocycles. The first-order valence-corrected chi connectivity index (χ1v) is 11.6. The van der Waals surface area contributed by atoms with Gasteiger partial charge in [0.05, 0.1) is 39.1 Å². The summed E-state index contributed by atoms with van der Waals surface area (Å²) in [7, 11) is 1.80. The van der Waals surface area contributed by atoms with Crippen molar-refractivity contribution in [3.63, 3.8) is 0 Å². The number of thiazole rings is 2. The molecule has 4 rings (SSSR count). The highest BCUT2D eigenvalue weighted by molar-refractivity contribution is 7.99. The Kier molecular flexibility index (Phi) is 5.93. The van der Waals surface area contributed by atoms with Crippen LogP contribution in [0, 0.1) is 6.92 Å². The van der Waals surface area contributed by atoms with Crippen molar-refractivity contribution < 1.29 is 9.21 Å². The molecular formula is C19H19N5O2S3. The van der Waals surface area contributed by atoms with Gasteiger partial charge in [0, 0.05) is 12.4 Å². The second-order valence-electron chi connectivity index (χ2n) is 6.49. The van der Waals surface area contributed by atoms with Crippen LogP contribution < -0.4 is 0 Å². The maximum absolute atomic E-state index is 12.6. The fourth-order valence-electron chi connectivity index (χ4n) is 2.69. The Labute approximate surface area is 180 Å². The van der Waals surface area contributed by atoms with Crippen LogP contribution in [-0.4, -0.2) is 43.8 Å². The van der Waals surface area contributed by atoms with Gasteiger partial charge in [-0.25, -0.2) is 9.97 Å².